The Morgan fingerprint density at radius 2 is 2.00 bits per heavy atom. The van der Waals surface area contributed by atoms with Crippen molar-refractivity contribution >= 4 is 6.09 Å². The van der Waals surface area contributed by atoms with Gasteiger partial charge in [-0.3, -0.25) is 0 Å². The van der Waals surface area contributed by atoms with Crippen LogP contribution in [0.1, 0.15) is 33.6 Å². The first-order valence-corrected chi connectivity index (χ1v) is 5.84. The predicted molar refractivity (Wildman–Crippen MR) is 60.3 cm³/mol. The second-order valence-corrected chi connectivity index (χ2v) is 5.47. The Bertz CT molecular complexity index is 304. The summed E-state index contributed by atoms with van der Waals surface area (Å²) in [6, 6.07) is 0. The smallest absolute Gasteiger partial charge is 0.408 e. The zero-order valence-corrected chi connectivity index (χ0v) is 10.8. The zero-order chi connectivity index (χ0) is 14.0. The van der Waals surface area contributed by atoms with Gasteiger partial charge in [-0.05, 0) is 40.2 Å². The van der Waals surface area contributed by atoms with E-state index in [2.05, 4.69) is 10.6 Å². The number of nitrogens with one attached hydrogen (secondary N) is 2. The third-order valence-corrected chi connectivity index (χ3v) is 2.72. The van der Waals surface area contributed by atoms with Crippen molar-refractivity contribution in [2.24, 2.45) is 0 Å². The van der Waals surface area contributed by atoms with E-state index < -0.39 is 30.0 Å². The molecule has 0 radical (unpaired) electrons. The number of ether oxygens (including phenoxy) is 1. The molecule has 0 aromatic carbocycles. The van der Waals surface area contributed by atoms with E-state index in [0.29, 0.717) is 13.0 Å². The van der Waals surface area contributed by atoms with E-state index in [9.17, 15) is 18.0 Å². The van der Waals surface area contributed by atoms with Gasteiger partial charge in [-0.2, -0.15) is 13.2 Å². The largest absolute Gasteiger partial charge is 0.444 e. The molecule has 0 saturated carbocycles. The molecular weight excluding hydrogens is 249 g/mol. The Kier molecular flexibility index (Phi) is 4.15. The lowest BCUT2D eigenvalue weighted by Crippen LogP contribution is -2.60. The molecule has 0 bridgehead atoms. The van der Waals surface area contributed by atoms with E-state index in [0.717, 1.165) is 0 Å². The van der Waals surface area contributed by atoms with Gasteiger partial charge in [-0.15, -0.1) is 0 Å². The fourth-order valence-electron chi connectivity index (χ4n) is 1.84. The molecule has 1 unspecified atom stereocenters. The molecule has 1 aliphatic rings. The van der Waals surface area contributed by atoms with Crippen LogP contribution in [0.2, 0.25) is 0 Å². The van der Waals surface area contributed by atoms with Gasteiger partial charge in [0, 0.05) is 6.54 Å². The molecule has 1 fully saturated rings. The maximum Gasteiger partial charge on any atom is 0.408 e. The van der Waals surface area contributed by atoms with Crippen molar-refractivity contribution < 1.29 is 22.7 Å². The van der Waals surface area contributed by atoms with Crippen LogP contribution in [-0.4, -0.2) is 36.5 Å². The summed E-state index contributed by atoms with van der Waals surface area (Å²) >= 11 is 0. The zero-order valence-electron chi connectivity index (χ0n) is 10.8. The van der Waals surface area contributed by atoms with E-state index in [1.54, 1.807) is 20.8 Å². The molecule has 0 aliphatic carbocycles. The third-order valence-electron chi connectivity index (χ3n) is 2.72. The molecule has 0 spiro atoms. The van der Waals surface area contributed by atoms with Crippen molar-refractivity contribution in [3.8, 4) is 0 Å². The lowest BCUT2D eigenvalue weighted by Gasteiger charge is -2.32. The lowest BCUT2D eigenvalue weighted by atomic mass is 9.97. The average Bonchev–Trinajstić information content (AvgIpc) is 2.60. The molecule has 18 heavy (non-hydrogen) atoms. The number of amides is 1. The topological polar surface area (TPSA) is 50.4 Å². The van der Waals surface area contributed by atoms with Gasteiger partial charge in [0.1, 0.15) is 11.1 Å². The molecule has 2 N–H and O–H groups in total. The first-order chi connectivity index (χ1) is 8.06. The summed E-state index contributed by atoms with van der Waals surface area (Å²) in [5.41, 5.74) is -2.75. The molecule has 1 rings (SSSR count). The molecule has 4 nitrogen and oxygen atoms in total. The monoisotopic (exact) mass is 268 g/mol. The maximum atomic E-state index is 12.9. The van der Waals surface area contributed by atoms with Gasteiger partial charge in [0.05, 0.1) is 0 Å². The Morgan fingerprint density at radius 1 is 1.39 bits per heavy atom. The van der Waals surface area contributed by atoms with Crippen molar-refractivity contribution in [3.63, 3.8) is 0 Å². The Balaban J connectivity index is 2.57. The van der Waals surface area contributed by atoms with Crippen molar-refractivity contribution in [2.75, 3.05) is 13.1 Å². The second-order valence-electron chi connectivity index (χ2n) is 5.47. The Morgan fingerprint density at radius 3 is 2.39 bits per heavy atom. The normalized spacial score (nSPS) is 25.0. The molecule has 1 atom stereocenters. The fourth-order valence-corrected chi connectivity index (χ4v) is 1.84. The lowest BCUT2D eigenvalue weighted by molar-refractivity contribution is -0.190. The van der Waals surface area contributed by atoms with Crippen LogP contribution in [0.3, 0.4) is 0 Å². The standard InChI is InChI=1S/C11H19F3N2O2/c1-9(2,3)18-8(17)15-7-10(11(12,13)14)5-4-6-16-10/h16H,4-7H2,1-3H3,(H,15,17). The summed E-state index contributed by atoms with van der Waals surface area (Å²) < 4.78 is 43.8. The highest BCUT2D eigenvalue weighted by atomic mass is 19.4. The molecule has 1 heterocycles. The molecule has 1 amide bonds. The summed E-state index contributed by atoms with van der Waals surface area (Å²) in [7, 11) is 0. The van der Waals surface area contributed by atoms with Crippen LogP contribution in [0.5, 0.6) is 0 Å². The summed E-state index contributed by atoms with van der Waals surface area (Å²) in [6.45, 7) is 4.75. The number of carbonyl (C=O) groups excluding carboxylic acids is 1. The van der Waals surface area contributed by atoms with E-state index in [1.807, 2.05) is 0 Å². The van der Waals surface area contributed by atoms with E-state index in [1.165, 1.54) is 0 Å². The number of carbonyl (C=O) groups is 1. The molecule has 7 heteroatoms. The minimum absolute atomic E-state index is 0.0354. The number of rotatable bonds is 2. The van der Waals surface area contributed by atoms with Gasteiger partial charge >= 0.3 is 12.3 Å². The first kappa shape index (κ1) is 15.1. The van der Waals surface area contributed by atoms with Gasteiger partial charge in [0.15, 0.2) is 0 Å². The summed E-state index contributed by atoms with van der Waals surface area (Å²) in [6.07, 6.45) is -4.82. The van der Waals surface area contributed by atoms with Crippen LogP contribution in [0, 0.1) is 0 Å². The maximum absolute atomic E-state index is 12.9. The average molecular weight is 268 g/mol. The Labute approximate surface area is 104 Å². The number of hydrogen-bond acceptors (Lipinski definition) is 3. The highest BCUT2D eigenvalue weighted by Gasteiger charge is 2.56. The molecule has 0 aromatic heterocycles. The van der Waals surface area contributed by atoms with Gasteiger partial charge in [0.25, 0.3) is 0 Å². The summed E-state index contributed by atoms with van der Waals surface area (Å²) in [5, 5.41) is 4.62. The highest BCUT2D eigenvalue weighted by molar-refractivity contribution is 5.67. The van der Waals surface area contributed by atoms with Crippen LogP contribution in [-0.2, 0) is 4.74 Å². The predicted octanol–water partition coefficient (Wildman–Crippen LogP) is 2.20. The molecule has 106 valence electrons. The Hall–Kier alpha value is -0.980. The van der Waals surface area contributed by atoms with Crippen molar-refractivity contribution in [2.45, 2.75) is 50.9 Å². The SMILES string of the molecule is CC(C)(C)OC(=O)NCC1(C(F)(F)F)CCCN1. The van der Waals surface area contributed by atoms with E-state index >= 15 is 0 Å². The van der Waals surface area contributed by atoms with Crippen LogP contribution < -0.4 is 10.6 Å². The summed E-state index contributed by atoms with van der Waals surface area (Å²) in [4.78, 5) is 11.4. The van der Waals surface area contributed by atoms with Gasteiger partial charge in [-0.1, -0.05) is 0 Å². The van der Waals surface area contributed by atoms with Crippen LogP contribution in [0.4, 0.5) is 18.0 Å². The number of alkyl halides is 3. The fraction of sp³-hybridized carbons (Fsp3) is 0.909. The van der Waals surface area contributed by atoms with Crippen molar-refractivity contribution in [3.05, 3.63) is 0 Å². The van der Waals surface area contributed by atoms with Crippen LogP contribution in [0.15, 0.2) is 0 Å². The number of hydrogen-bond donors (Lipinski definition) is 2. The number of halogens is 3. The molecule has 1 aliphatic heterocycles. The van der Waals surface area contributed by atoms with Crippen molar-refractivity contribution in [1.29, 1.82) is 0 Å². The van der Waals surface area contributed by atoms with E-state index in [-0.39, 0.29) is 6.42 Å². The molecular formula is C11H19F3N2O2. The van der Waals surface area contributed by atoms with Crippen LogP contribution in [0.25, 0.3) is 0 Å². The highest BCUT2D eigenvalue weighted by Crippen LogP contribution is 2.36. The second kappa shape index (κ2) is 4.95. The first-order valence-electron chi connectivity index (χ1n) is 5.84. The minimum Gasteiger partial charge on any atom is -0.444 e. The minimum atomic E-state index is -4.39. The third kappa shape index (κ3) is 3.76. The molecule has 1 saturated heterocycles. The van der Waals surface area contributed by atoms with Crippen LogP contribution >= 0.6 is 0 Å². The van der Waals surface area contributed by atoms with Gasteiger partial charge in [-0.25, -0.2) is 4.79 Å². The summed E-state index contributed by atoms with van der Waals surface area (Å²) in [5.74, 6) is 0. The van der Waals surface area contributed by atoms with E-state index in [4.69, 9.17) is 4.74 Å². The van der Waals surface area contributed by atoms with Gasteiger partial charge < -0.3 is 15.4 Å². The van der Waals surface area contributed by atoms with Crippen molar-refractivity contribution in [1.82, 2.24) is 10.6 Å². The number of alkyl carbamates (subject to hydrolysis) is 1. The molecule has 0 aromatic rings. The van der Waals surface area contributed by atoms with Gasteiger partial charge in [0.2, 0.25) is 0 Å². The quantitative estimate of drug-likeness (QED) is 0.807.